The molecule has 0 aliphatic carbocycles. The number of ether oxygens (including phenoxy) is 6. The van der Waals surface area contributed by atoms with E-state index in [9.17, 15) is 61.0 Å². The van der Waals surface area contributed by atoms with Gasteiger partial charge in [0.25, 0.3) is 0 Å². The van der Waals surface area contributed by atoms with Gasteiger partial charge in [0.1, 0.15) is 73.2 Å². The zero-order chi connectivity index (χ0) is 70.4. The van der Waals surface area contributed by atoms with Gasteiger partial charge in [0.05, 0.1) is 38.6 Å². The Kier molecular flexibility index (Phi) is 52.4. The normalized spacial score (nSPS) is 27.5. The number of rotatable bonds is 57. The molecule has 19 heteroatoms. The van der Waals surface area contributed by atoms with Crippen LogP contribution in [-0.4, -0.2) is 193 Å². The maximum Gasteiger partial charge on any atom is 0.220 e. The van der Waals surface area contributed by atoms with Gasteiger partial charge >= 0.3 is 0 Å². The second-order valence-corrected chi connectivity index (χ2v) is 26.4. The summed E-state index contributed by atoms with van der Waals surface area (Å²) in [6.07, 6.45) is 51.6. The Morgan fingerprint density at radius 2 is 0.711 bits per heavy atom. The molecule has 3 saturated heterocycles. The molecule has 19 nitrogen and oxygen atoms in total. The molecule has 558 valence electrons. The first-order chi connectivity index (χ1) is 47.3. The number of nitrogens with one attached hydrogen (secondary N) is 1. The molecule has 0 aromatic rings. The number of aliphatic hydroxyl groups excluding tert-OH is 11. The van der Waals surface area contributed by atoms with Crippen LogP contribution < -0.4 is 5.32 Å². The number of unbranched alkanes of at least 4 members (excludes halogenated alkanes) is 23. The van der Waals surface area contributed by atoms with Gasteiger partial charge in [-0.05, 0) is 83.5 Å². The summed E-state index contributed by atoms with van der Waals surface area (Å²) in [4.78, 5) is 13.5. The van der Waals surface area contributed by atoms with Gasteiger partial charge in [0.15, 0.2) is 18.9 Å². The summed E-state index contributed by atoms with van der Waals surface area (Å²) in [5, 5.41) is 121. The Morgan fingerprint density at radius 1 is 0.381 bits per heavy atom. The Labute approximate surface area is 583 Å². The van der Waals surface area contributed by atoms with Crippen LogP contribution in [0.1, 0.15) is 245 Å². The molecule has 3 aliphatic rings. The predicted octanol–water partition coefficient (Wildman–Crippen LogP) is 11.4. The molecule has 97 heavy (non-hydrogen) atoms. The molecule has 17 atom stereocenters. The summed E-state index contributed by atoms with van der Waals surface area (Å²) >= 11 is 0. The highest BCUT2D eigenvalue weighted by molar-refractivity contribution is 5.76. The minimum absolute atomic E-state index is 0.219. The molecule has 0 radical (unpaired) electrons. The Balaban J connectivity index is 1.42. The van der Waals surface area contributed by atoms with Gasteiger partial charge in [0, 0.05) is 6.42 Å². The second kappa shape index (κ2) is 58.0. The third-order valence-corrected chi connectivity index (χ3v) is 18.1. The quantitative estimate of drug-likeness (QED) is 0.0199. The van der Waals surface area contributed by atoms with Crippen LogP contribution >= 0.6 is 0 Å². The molecule has 3 rings (SSSR count). The SMILES string of the molecule is CC/C=C\C/C=C\C/C=C\C/C=C\C/C=C\C/C=C\C/C=C\C/C=C\C/C=C\CCCCCC(=O)NC(COC1OC(CO)C(OC2OC(CO)C(OC3OC(CO)C(O)C(O)C3O)C(O)C2O)C(O)C1O)C(O)CCCCCCCCCCCCCCCCCCCCCCC. The molecule has 0 aromatic carbocycles. The van der Waals surface area contributed by atoms with Crippen molar-refractivity contribution in [1.82, 2.24) is 5.32 Å². The Hall–Kier alpha value is -3.55. The van der Waals surface area contributed by atoms with Crippen molar-refractivity contribution in [1.29, 1.82) is 0 Å². The summed E-state index contributed by atoms with van der Waals surface area (Å²) in [5.41, 5.74) is 0. The number of aliphatic hydroxyl groups is 11. The van der Waals surface area contributed by atoms with E-state index in [1.807, 2.05) is 0 Å². The van der Waals surface area contributed by atoms with Gasteiger partial charge in [-0.3, -0.25) is 4.79 Å². The van der Waals surface area contributed by atoms with E-state index in [1.54, 1.807) is 0 Å². The van der Waals surface area contributed by atoms with Gasteiger partial charge in [-0.25, -0.2) is 0 Å². The lowest BCUT2D eigenvalue weighted by molar-refractivity contribution is -0.379. The van der Waals surface area contributed by atoms with Crippen molar-refractivity contribution in [3.63, 3.8) is 0 Å². The second-order valence-electron chi connectivity index (χ2n) is 26.4. The van der Waals surface area contributed by atoms with Crippen molar-refractivity contribution in [2.75, 3.05) is 26.4 Å². The van der Waals surface area contributed by atoms with E-state index in [4.69, 9.17) is 28.4 Å². The molecule has 3 heterocycles. The summed E-state index contributed by atoms with van der Waals surface area (Å²) < 4.78 is 34.4. The summed E-state index contributed by atoms with van der Waals surface area (Å²) in [6.45, 7) is 1.67. The van der Waals surface area contributed by atoms with Crippen LogP contribution in [0.25, 0.3) is 0 Å². The maximum atomic E-state index is 13.5. The fourth-order valence-corrected chi connectivity index (χ4v) is 12.1. The van der Waals surface area contributed by atoms with Crippen LogP contribution in [0.5, 0.6) is 0 Å². The average Bonchev–Trinajstić information content (AvgIpc) is 0.798. The summed E-state index contributed by atoms with van der Waals surface area (Å²) in [5.74, 6) is -0.277. The lowest BCUT2D eigenvalue weighted by Gasteiger charge is -2.48. The minimum Gasteiger partial charge on any atom is -0.394 e. The van der Waals surface area contributed by atoms with Crippen LogP contribution in [-0.2, 0) is 33.2 Å². The fourth-order valence-electron chi connectivity index (χ4n) is 12.1. The molecule has 12 N–H and O–H groups in total. The molecule has 0 aromatic heterocycles. The largest absolute Gasteiger partial charge is 0.394 e. The Morgan fingerprint density at radius 3 is 1.10 bits per heavy atom. The lowest BCUT2D eigenvalue weighted by atomic mass is 9.96. The zero-order valence-corrected chi connectivity index (χ0v) is 59.3. The van der Waals surface area contributed by atoms with Gasteiger partial charge in [-0.2, -0.15) is 0 Å². The highest BCUT2D eigenvalue weighted by Crippen LogP contribution is 2.33. The van der Waals surface area contributed by atoms with Gasteiger partial charge in [-0.15, -0.1) is 0 Å². The van der Waals surface area contributed by atoms with E-state index in [-0.39, 0.29) is 18.9 Å². The zero-order valence-electron chi connectivity index (χ0n) is 59.3. The van der Waals surface area contributed by atoms with E-state index < -0.39 is 124 Å². The van der Waals surface area contributed by atoms with Gasteiger partial charge in [0.2, 0.25) is 5.91 Å². The van der Waals surface area contributed by atoms with Crippen LogP contribution in [0.4, 0.5) is 0 Å². The fraction of sp³-hybridized carbons (Fsp3) is 0.756. The number of hydrogen-bond acceptors (Lipinski definition) is 18. The molecular weight excluding hydrogens is 1240 g/mol. The molecule has 0 saturated carbocycles. The number of allylic oxidation sites excluding steroid dienone is 18. The molecule has 1 amide bonds. The first-order valence-electron chi connectivity index (χ1n) is 37.6. The van der Waals surface area contributed by atoms with Crippen molar-refractivity contribution in [2.24, 2.45) is 0 Å². The molecule has 0 bridgehead atoms. The van der Waals surface area contributed by atoms with E-state index in [0.717, 1.165) is 96.3 Å². The van der Waals surface area contributed by atoms with Crippen molar-refractivity contribution in [3.8, 4) is 0 Å². The van der Waals surface area contributed by atoms with Crippen LogP contribution in [0, 0.1) is 0 Å². The van der Waals surface area contributed by atoms with Crippen molar-refractivity contribution in [3.05, 3.63) is 109 Å². The number of amides is 1. The smallest absolute Gasteiger partial charge is 0.220 e. The average molecular weight is 1370 g/mol. The topological polar surface area (TPSA) is 307 Å². The molecule has 3 fully saturated rings. The molecule has 0 spiro atoms. The number of hydrogen-bond donors (Lipinski definition) is 12. The third-order valence-electron chi connectivity index (χ3n) is 18.1. The van der Waals surface area contributed by atoms with Crippen LogP contribution in [0.3, 0.4) is 0 Å². The van der Waals surface area contributed by atoms with E-state index in [0.29, 0.717) is 19.3 Å². The first kappa shape index (κ1) is 87.7. The lowest BCUT2D eigenvalue weighted by Crippen LogP contribution is -2.66. The third kappa shape index (κ3) is 38.9. The minimum atomic E-state index is -1.98. The number of carbonyl (C=O) groups excluding carboxylic acids is 1. The Bertz CT molecular complexity index is 2180. The van der Waals surface area contributed by atoms with E-state index in [2.05, 4.69) is 129 Å². The van der Waals surface area contributed by atoms with Gasteiger partial charge < -0.3 is 89.9 Å². The highest BCUT2D eigenvalue weighted by Gasteiger charge is 2.53. The van der Waals surface area contributed by atoms with Crippen molar-refractivity contribution < 1.29 is 89.4 Å². The standard InChI is InChI=1S/C78H133NO18/c1-3-5-7-9-11-13-15-17-19-21-23-25-26-27-28-29-30-31-32-33-34-36-38-40-42-44-46-48-50-52-54-56-66(84)79-61(62(83)55-53-51-49-47-45-43-41-39-37-35-24-22-20-18-16-14-12-10-8-6-4-2)60-92-76-72(90)69(87)74(64(58-81)94-76)97-78-73(91)70(88)75(65(59-82)95-78)96-77-71(89)68(86)67(85)63(57-80)93-77/h5,7,11,13,17,19,23,25,27-28,30-31,33-34,38,40,44,46,61-65,67-78,80-83,85-91H,3-4,6,8-10,12,14-16,18,20-22,24,26,29,32,35-37,39,41-43,45,47-60H2,1-2H3,(H,79,84)/b7-5-,13-11-,19-17-,25-23-,28-27-,31-30-,34-33-,40-38-,46-44-. The molecule has 17 unspecified atom stereocenters. The van der Waals surface area contributed by atoms with Gasteiger partial charge in [-0.1, -0.05) is 264 Å². The number of carbonyl (C=O) groups is 1. The molecular formula is C78H133NO18. The van der Waals surface area contributed by atoms with Crippen molar-refractivity contribution >= 4 is 5.91 Å². The first-order valence-corrected chi connectivity index (χ1v) is 37.6. The summed E-state index contributed by atoms with van der Waals surface area (Å²) in [6, 6.07) is -0.915. The van der Waals surface area contributed by atoms with E-state index >= 15 is 0 Å². The predicted molar refractivity (Wildman–Crippen MR) is 383 cm³/mol. The highest BCUT2D eigenvalue weighted by atomic mass is 16.8. The van der Waals surface area contributed by atoms with E-state index in [1.165, 1.54) is 109 Å². The van der Waals surface area contributed by atoms with Crippen LogP contribution in [0.15, 0.2) is 109 Å². The summed E-state index contributed by atoms with van der Waals surface area (Å²) in [7, 11) is 0. The van der Waals surface area contributed by atoms with Crippen LogP contribution in [0.2, 0.25) is 0 Å². The van der Waals surface area contributed by atoms with Crippen molar-refractivity contribution in [2.45, 2.75) is 349 Å². The molecule has 3 aliphatic heterocycles. The monoisotopic (exact) mass is 1370 g/mol. The maximum absolute atomic E-state index is 13.5.